The first-order valence-corrected chi connectivity index (χ1v) is 7.77. The molecule has 7 heteroatoms. The van der Waals surface area contributed by atoms with Crippen molar-refractivity contribution in [1.29, 1.82) is 0 Å². The van der Waals surface area contributed by atoms with Crippen LogP contribution in [-0.4, -0.2) is 50.6 Å². The van der Waals surface area contributed by atoms with Gasteiger partial charge in [0.15, 0.2) is 12.4 Å². The molecule has 7 nitrogen and oxygen atoms in total. The quantitative estimate of drug-likeness (QED) is 0.427. The van der Waals surface area contributed by atoms with E-state index in [2.05, 4.69) is 0 Å². The van der Waals surface area contributed by atoms with Crippen LogP contribution in [0.25, 0.3) is 0 Å². The van der Waals surface area contributed by atoms with Gasteiger partial charge in [0.2, 0.25) is 0 Å². The van der Waals surface area contributed by atoms with Crippen LogP contribution in [0.3, 0.4) is 0 Å². The molecule has 1 heterocycles. The van der Waals surface area contributed by atoms with Crippen LogP contribution in [0, 0.1) is 0 Å². The van der Waals surface area contributed by atoms with Gasteiger partial charge < -0.3 is 14.2 Å². The molecule has 0 N–H and O–H groups in total. The monoisotopic (exact) mass is 335 g/mol. The molecule has 1 aliphatic rings. The van der Waals surface area contributed by atoms with E-state index in [4.69, 9.17) is 14.2 Å². The number of rotatable bonds is 7. The number of hydrogen-bond donors (Lipinski definition) is 0. The number of methoxy groups -OCH3 is 1. The van der Waals surface area contributed by atoms with Gasteiger partial charge in [0.25, 0.3) is 5.91 Å². The van der Waals surface area contributed by atoms with E-state index >= 15 is 0 Å². The number of amides is 1. The van der Waals surface area contributed by atoms with E-state index in [-0.39, 0.29) is 31.5 Å². The minimum absolute atomic E-state index is 0.0499. The fourth-order valence-corrected chi connectivity index (χ4v) is 2.42. The van der Waals surface area contributed by atoms with Crippen molar-refractivity contribution < 1.29 is 28.6 Å². The van der Waals surface area contributed by atoms with Crippen molar-refractivity contribution in [3.63, 3.8) is 0 Å². The number of esters is 1. The summed E-state index contributed by atoms with van der Waals surface area (Å²) in [5, 5.41) is 0. The summed E-state index contributed by atoms with van der Waals surface area (Å²) in [7, 11) is 1.51. The molecule has 24 heavy (non-hydrogen) atoms. The number of Topliss-reactive ketones (excluding diaryl/α,β-unsaturated/α-hetero) is 1. The fourth-order valence-electron chi connectivity index (χ4n) is 2.42. The number of anilines is 1. The summed E-state index contributed by atoms with van der Waals surface area (Å²) in [5.41, 5.74) is 0.876. The Hall–Kier alpha value is -2.41. The van der Waals surface area contributed by atoms with Gasteiger partial charge in [-0.15, -0.1) is 0 Å². The molecule has 0 bridgehead atoms. The van der Waals surface area contributed by atoms with Crippen molar-refractivity contribution in [1.82, 2.24) is 0 Å². The smallest absolute Gasteiger partial charge is 0.329 e. The number of hydrogen-bond acceptors (Lipinski definition) is 6. The third kappa shape index (κ3) is 3.73. The lowest BCUT2D eigenvalue weighted by Crippen LogP contribution is -2.48. The molecule has 0 aliphatic carbocycles. The molecule has 2 rings (SSSR count). The SMILES string of the molecule is CCC(=O)c1ccc2c(c1)N(C(C)C(=O)OCCOC)C(=O)CO2. The summed E-state index contributed by atoms with van der Waals surface area (Å²) in [6.07, 6.45) is 0.349. The topological polar surface area (TPSA) is 82.1 Å². The van der Waals surface area contributed by atoms with Crippen LogP contribution in [0.4, 0.5) is 5.69 Å². The second kappa shape index (κ2) is 7.92. The Morgan fingerprint density at radius 2 is 2.08 bits per heavy atom. The third-order valence-electron chi connectivity index (χ3n) is 3.74. The van der Waals surface area contributed by atoms with Crippen molar-refractivity contribution in [3.05, 3.63) is 23.8 Å². The van der Waals surface area contributed by atoms with Gasteiger partial charge >= 0.3 is 5.97 Å². The van der Waals surface area contributed by atoms with Crippen molar-refractivity contribution in [3.8, 4) is 5.75 Å². The molecule has 1 aromatic rings. The number of carbonyl (C=O) groups is 3. The fraction of sp³-hybridized carbons (Fsp3) is 0.471. The van der Waals surface area contributed by atoms with Crippen LogP contribution < -0.4 is 9.64 Å². The van der Waals surface area contributed by atoms with Crippen LogP contribution in [0.2, 0.25) is 0 Å². The third-order valence-corrected chi connectivity index (χ3v) is 3.74. The zero-order chi connectivity index (χ0) is 17.7. The highest BCUT2D eigenvalue weighted by Crippen LogP contribution is 2.34. The number of carbonyl (C=O) groups excluding carboxylic acids is 3. The normalized spacial score (nSPS) is 14.6. The first-order valence-electron chi connectivity index (χ1n) is 7.77. The van der Waals surface area contributed by atoms with E-state index in [1.54, 1.807) is 32.0 Å². The van der Waals surface area contributed by atoms with E-state index in [0.29, 0.717) is 23.4 Å². The molecular weight excluding hydrogens is 314 g/mol. The summed E-state index contributed by atoms with van der Waals surface area (Å²) < 4.78 is 15.3. The van der Waals surface area contributed by atoms with Crippen molar-refractivity contribution in [2.45, 2.75) is 26.3 Å². The van der Waals surface area contributed by atoms with Gasteiger partial charge in [-0.2, -0.15) is 0 Å². The molecule has 0 fully saturated rings. The Morgan fingerprint density at radius 3 is 2.75 bits per heavy atom. The largest absolute Gasteiger partial charge is 0.482 e. The number of ketones is 1. The van der Waals surface area contributed by atoms with E-state index in [9.17, 15) is 14.4 Å². The maximum Gasteiger partial charge on any atom is 0.329 e. The van der Waals surface area contributed by atoms with E-state index in [1.165, 1.54) is 12.0 Å². The minimum atomic E-state index is -0.830. The summed E-state index contributed by atoms with van der Waals surface area (Å²) in [6.45, 7) is 3.57. The Balaban J connectivity index is 2.28. The first-order chi connectivity index (χ1) is 11.5. The molecule has 1 amide bonds. The van der Waals surface area contributed by atoms with Crippen molar-refractivity contribution >= 4 is 23.3 Å². The second-order valence-electron chi connectivity index (χ2n) is 5.35. The maximum absolute atomic E-state index is 12.3. The summed E-state index contributed by atoms with van der Waals surface area (Å²) in [6, 6.07) is 4.04. The number of benzene rings is 1. The summed E-state index contributed by atoms with van der Waals surface area (Å²) >= 11 is 0. The van der Waals surface area contributed by atoms with Crippen LogP contribution >= 0.6 is 0 Å². The van der Waals surface area contributed by atoms with Crippen LogP contribution in [0.15, 0.2) is 18.2 Å². The van der Waals surface area contributed by atoms with Crippen molar-refractivity contribution in [2.75, 3.05) is 31.8 Å². The van der Waals surface area contributed by atoms with E-state index < -0.39 is 12.0 Å². The molecule has 1 aliphatic heterocycles. The van der Waals surface area contributed by atoms with Crippen LogP contribution in [0.1, 0.15) is 30.6 Å². The lowest BCUT2D eigenvalue weighted by atomic mass is 10.1. The molecule has 0 spiro atoms. The van der Waals surface area contributed by atoms with Gasteiger partial charge in [0.05, 0.1) is 12.3 Å². The highest BCUT2D eigenvalue weighted by atomic mass is 16.6. The molecular formula is C17H21NO6. The van der Waals surface area contributed by atoms with Gasteiger partial charge in [0.1, 0.15) is 18.4 Å². The lowest BCUT2D eigenvalue weighted by molar-refractivity contribution is -0.147. The molecule has 1 aromatic carbocycles. The molecule has 0 saturated carbocycles. The molecule has 0 saturated heterocycles. The molecule has 130 valence electrons. The standard InChI is InChI=1S/C17H21NO6/c1-4-14(19)12-5-6-15-13(9-12)18(16(20)10-24-15)11(2)17(21)23-8-7-22-3/h5-6,9,11H,4,7-8,10H2,1-3H3. The number of fused-ring (bicyclic) bond motifs is 1. The highest BCUT2D eigenvalue weighted by molar-refractivity contribution is 6.04. The number of nitrogens with zero attached hydrogens (tertiary/aromatic N) is 1. The van der Waals surface area contributed by atoms with E-state index in [0.717, 1.165) is 0 Å². The lowest BCUT2D eigenvalue weighted by Gasteiger charge is -2.33. The molecule has 0 aromatic heterocycles. The van der Waals surface area contributed by atoms with Gasteiger partial charge in [-0.05, 0) is 25.1 Å². The Labute approximate surface area is 140 Å². The molecule has 0 radical (unpaired) electrons. The Morgan fingerprint density at radius 1 is 1.33 bits per heavy atom. The van der Waals surface area contributed by atoms with Gasteiger partial charge in [-0.3, -0.25) is 14.5 Å². The van der Waals surface area contributed by atoms with Crippen molar-refractivity contribution in [2.24, 2.45) is 0 Å². The minimum Gasteiger partial charge on any atom is -0.482 e. The average Bonchev–Trinajstić information content (AvgIpc) is 2.60. The Bertz CT molecular complexity index is 642. The summed E-state index contributed by atoms with van der Waals surface area (Å²) in [5.74, 6) is -0.495. The predicted molar refractivity (Wildman–Crippen MR) is 86.3 cm³/mol. The van der Waals surface area contributed by atoms with Crippen LogP contribution in [0.5, 0.6) is 5.75 Å². The van der Waals surface area contributed by atoms with Gasteiger partial charge in [0, 0.05) is 19.1 Å². The Kier molecular flexibility index (Phi) is 5.92. The van der Waals surface area contributed by atoms with Gasteiger partial charge in [-0.1, -0.05) is 6.92 Å². The highest BCUT2D eigenvalue weighted by Gasteiger charge is 2.34. The molecule has 1 unspecified atom stereocenters. The second-order valence-corrected chi connectivity index (χ2v) is 5.35. The zero-order valence-corrected chi connectivity index (χ0v) is 14.0. The average molecular weight is 335 g/mol. The first kappa shape index (κ1) is 17.9. The summed E-state index contributed by atoms with van der Waals surface area (Å²) in [4.78, 5) is 37.7. The predicted octanol–water partition coefficient (Wildman–Crippen LogP) is 1.58. The van der Waals surface area contributed by atoms with Crippen LogP contribution in [-0.2, 0) is 19.1 Å². The molecule has 1 atom stereocenters. The zero-order valence-electron chi connectivity index (χ0n) is 14.0. The number of ether oxygens (including phenoxy) is 3. The van der Waals surface area contributed by atoms with E-state index in [1.807, 2.05) is 0 Å². The maximum atomic E-state index is 12.3. The van der Waals surface area contributed by atoms with Gasteiger partial charge in [-0.25, -0.2) is 4.79 Å².